The number of ether oxygens (including phenoxy) is 1. The summed E-state index contributed by atoms with van der Waals surface area (Å²) in [5, 5.41) is 15.1. The Labute approximate surface area is 202 Å². The van der Waals surface area contributed by atoms with Gasteiger partial charge in [0.1, 0.15) is 5.75 Å². The summed E-state index contributed by atoms with van der Waals surface area (Å²) in [5.74, 6) is -0.797. The fourth-order valence-corrected chi connectivity index (χ4v) is 3.42. The van der Waals surface area contributed by atoms with Gasteiger partial charge in [-0.25, -0.2) is 4.79 Å². The van der Waals surface area contributed by atoms with Gasteiger partial charge in [-0.1, -0.05) is 54.1 Å². The molecule has 0 saturated heterocycles. The van der Waals surface area contributed by atoms with Gasteiger partial charge in [0.2, 0.25) is 0 Å². The number of hydrogen-bond acceptors (Lipinski definition) is 4. The molecule has 0 unspecified atom stereocenters. The smallest absolute Gasteiger partial charge is 0.323 e. The molecule has 3 aromatic rings. The minimum Gasteiger partial charge on any atom is -0.495 e. The number of para-hydroxylation sites is 1. The van der Waals surface area contributed by atoms with Crippen LogP contribution in [0.3, 0.4) is 0 Å². The minimum absolute atomic E-state index is 0.0911. The number of aliphatic carboxylic acids is 1. The van der Waals surface area contributed by atoms with E-state index in [1.807, 2.05) is 6.07 Å². The molecule has 3 aromatic carbocycles. The first-order valence-corrected chi connectivity index (χ1v) is 10.9. The van der Waals surface area contributed by atoms with Crippen molar-refractivity contribution in [2.24, 2.45) is 5.41 Å². The molecule has 0 aliphatic heterocycles. The Hall–Kier alpha value is -3.84. The number of urea groups is 1. The van der Waals surface area contributed by atoms with Crippen molar-refractivity contribution in [3.05, 3.63) is 77.3 Å². The molecular formula is C26H25ClN2O5. The molecule has 3 N–H and O–H groups in total. The zero-order valence-electron chi connectivity index (χ0n) is 19.0. The second kappa shape index (κ2) is 10.4. The highest BCUT2D eigenvalue weighted by atomic mass is 35.5. The zero-order valence-corrected chi connectivity index (χ0v) is 19.8. The number of carbonyl (C=O) groups is 3. The fourth-order valence-electron chi connectivity index (χ4n) is 3.24. The van der Waals surface area contributed by atoms with Crippen LogP contribution < -0.4 is 15.4 Å². The summed E-state index contributed by atoms with van der Waals surface area (Å²) in [6, 6.07) is 18.7. The number of carboxylic acid groups (broad SMARTS) is 1. The number of carboxylic acids is 1. The number of halogens is 1. The Balaban J connectivity index is 1.73. The number of rotatable bonds is 8. The van der Waals surface area contributed by atoms with Crippen molar-refractivity contribution in [2.75, 3.05) is 17.7 Å². The molecule has 0 aliphatic rings. The van der Waals surface area contributed by atoms with Crippen molar-refractivity contribution in [1.29, 1.82) is 0 Å². The Kier molecular flexibility index (Phi) is 7.58. The molecule has 3 rings (SSSR count). The van der Waals surface area contributed by atoms with Gasteiger partial charge >= 0.3 is 12.0 Å². The van der Waals surface area contributed by atoms with Crippen molar-refractivity contribution in [2.45, 2.75) is 20.3 Å². The maximum atomic E-state index is 12.5. The van der Waals surface area contributed by atoms with Gasteiger partial charge in [0.15, 0.2) is 5.78 Å². The third-order valence-electron chi connectivity index (χ3n) is 5.29. The van der Waals surface area contributed by atoms with Crippen LogP contribution in [0.1, 0.15) is 30.6 Å². The molecule has 7 nitrogen and oxygen atoms in total. The predicted molar refractivity (Wildman–Crippen MR) is 133 cm³/mol. The number of hydrogen-bond donors (Lipinski definition) is 3. The van der Waals surface area contributed by atoms with Crippen LogP contribution in [0, 0.1) is 5.41 Å². The SMILES string of the molecule is COc1cc(-c2ccc(C(=O)CC(C)(C)C(=O)O)cc2)ccc1NC(=O)Nc1ccccc1Cl. The number of Topliss-reactive ketones (excluding diaryl/α,β-unsaturated/α-hetero) is 1. The number of amides is 2. The molecular weight excluding hydrogens is 456 g/mol. The lowest BCUT2D eigenvalue weighted by Crippen LogP contribution is -2.26. The minimum atomic E-state index is -1.13. The van der Waals surface area contributed by atoms with Crippen molar-refractivity contribution < 1.29 is 24.2 Å². The number of ketones is 1. The van der Waals surface area contributed by atoms with E-state index in [1.165, 1.54) is 21.0 Å². The average Bonchev–Trinajstić information content (AvgIpc) is 2.80. The van der Waals surface area contributed by atoms with Crippen LogP contribution in [0.4, 0.5) is 16.2 Å². The summed E-state index contributed by atoms with van der Waals surface area (Å²) in [7, 11) is 1.50. The Morgan fingerprint density at radius 2 is 1.53 bits per heavy atom. The van der Waals surface area contributed by atoms with Gasteiger partial charge in [0.25, 0.3) is 0 Å². The Morgan fingerprint density at radius 1 is 0.912 bits per heavy atom. The van der Waals surface area contributed by atoms with Crippen LogP contribution in [0.2, 0.25) is 5.02 Å². The first-order chi connectivity index (χ1) is 16.1. The van der Waals surface area contributed by atoms with E-state index >= 15 is 0 Å². The Morgan fingerprint density at radius 3 is 2.15 bits per heavy atom. The van der Waals surface area contributed by atoms with E-state index in [4.69, 9.17) is 16.3 Å². The van der Waals surface area contributed by atoms with Gasteiger partial charge in [0, 0.05) is 12.0 Å². The number of nitrogens with one attached hydrogen (secondary N) is 2. The van der Waals surface area contributed by atoms with E-state index in [0.717, 1.165) is 11.1 Å². The second-order valence-corrected chi connectivity index (χ2v) is 8.75. The van der Waals surface area contributed by atoms with Crippen LogP contribution in [0.15, 0.2) is 66.7 Å². The molecule has 0 aromatic heterocycles. The quantitative estimate of drug-likeness (QED) is 0.326. The van der Waals surface area contributed by atoms with Crippen molar-refractivity contribution in [1.82, 2.24) is 0 Å². The van der Waals surface area contributed by atoms with E-state index in [9.17, 15) is 19.5 Å². The summed E-state index contributed by atoms with van der Waals surface area (Å²) in [6.45, 7) is 3.05. The van der Waals surface area contributed by atoms with E-state index in [2.05, 4.69) is 10.6 Å². The molecule has 0 atom stereocenters. The topological polar surface area (TPSA) is 105 Å². The molecule has 0 fully saturated rings. The molecule has 8 heteroatoms. The number of carbonyl (C=O) groups excluding carboxylic acids is 2. The first kappa shape index (κ1) is 24.8. The first-order valence-electron chi connectivity index (χ1n) is 10.5. The summed E-state index contributed by atoms with van der Waals surface area (Å²) in [6.07, 6.45) is -0.0911. The highest BCUT2D eigenvalue weighted by Gasteiger charge is 2.30. The van der Waals surface area contributed by atoms with Gasteiger partial charge in [-0.2, -0.15) is 0 Å². The van der Waals surface area contributed by atoms with Crippen LogP contribution in [-0.2, 0) is 4.79 Å². The normalized spacial score (nSPS) is 10.9. The summed E-state index contributed by atoms with van der Waals surface area (Å²) >= 11 is 6.08. The number of benzene rings is 3. The lowest BCUT2D eigenvalue weighted by atomic mass is 9.85. The highest BCUT2D eigenvalue weighted by molar-refractivity contribution is 6.33. The number of anilines is 2. The van der Waals surface area contributed by atoms with Crippen LogP contribution in [0.25, 0.3) is 11.1 Å². The fraction of sp³-hybridized carbons (Fsp3) is 0.192. The third-order valence-corrected chi connectivity index (χ3v) is 5.62. The molecule has 176 valence electrons. The average molecular weight is 481 g/mol. The van der Waals surface area contributed by atoms with E-state index in [0.29, 0.717) is 27.7 Å². The maximum Gasteiger partial charge on any atom is 0.323 e. The van der Waals surface area contributed by atoms with Gasteiger partial charge < -0.3 is 20.5 Å². The van der Waals surface area contributed by atoms with E-state index in [1.54, 1.807) is 60.7 Å². The van der Waals surface area contributed by atoms with Gasteiger partial charge in [-0.3, -0.25) is 9.59 Å². The molecule has 0 spiro atoms. The molecule has 0 aliphatic carbocycles. The van der Waals surface area contributed by atoms with Crippen molar-refractivity contribution >= 4 is 40.8 Å². The molecule has 34 heavy (non-hydrogen) atoms. The maximum absolute atomic E-state index is 12.5. The Bertz CT molecular complexity index is 1220. The lowest BCUT2D eigenvalue weighted by molar-refractivity contribution is -0.146. The third kappa shape index (κ3) is 5.94. The van der Waals surface area contributed by atoms with Crippen molar-refractivity contribution in [3.8, 4) is 16.9 Å². The lowest BCUT2D eigenvalue weighted by Gasteiger charge is -2.17. The largest absolute Gasteiger partial charge is 0.495 e. The monoisotopic (exact) mass is 480 g/mol. The van der Waals surface area contributed by atoms with Crippen LogP contribution >= 0.6 is 11.6 Å². The standard InChI is InChI=1S/C26H25ClN2O5/c1-26(2,24(31)32)15-22(30)17-10-8-16(9-11-17)18-12-13-21(23(14-18)34-3)29-25(33)28-20-7-5-4-6-19(20)27/h4-14H,15H2,1-3H3,(H,31,32)(H2,28,29,33). The summed E-state index contributed by atoms with van der Waals surface area (Å²) in [5.41, 5.74) is 1.92. The van der Waals surface area contributed by atoms with Crippen LogP contribution in [0.5, 0.6) is 5.75 Å². The van der Waals surface area contributed by atoms with E-state index < -0.39 is 17.4 Å². The second-order valence-electron chi connectivity index (χ2n) is 8.34. The van der Waals surface area contributed by atoms with Gasteiger partial charge in [0.05, 0.1) is 28.9 Å². The summed E-state index contributed by atoms with van der Waals surface area (Å²) in [4.78, 5) is 36.2. The molecule has 0 heterocycles. The molecule has 0 radical (unpaired) electrons. The van der Waals surface area contributed by atoms with Crippen LogP contribution in [-0.4, -0.2) is 30.0 Å². The van der Waals surface area contributed by atoms with E-state index in [-0.39, 0.29) is 12.2 Å². The van der Waals surface area contributed by atoms with Gasteiger partial charge in [-0.15, -0.1) is 0 Å². The highest BCUT2D eigenvalue weighted by Crippen LogP contribution is 2.32. The predicted octanol–water partition coefficient (Wildman–Crippen LogP) is 6.34. The molecule has 2 amide bonds. The molecule has 0 bridgehead atoms. The van der Waals surface area contributed by atoms with Crippen molar-refractivity contribution in [3.63, 3.8) is 0 Å². The number of methoxy groups -OCH3 is 1. The van der Waals surface area contributed by atoms with Gasteiger partial charge in [-0.05, 0) is 49.2 Å². The summed E-state index contributed by atoms with van der Waals surface area (Å²) < 4.78 is 5.44. The zero-order chi connectivity index (χ0) is 24.9. The molecule has 0 saturated carbocycles.